The molecule has 4 N–H and O–H groups in total. The molecule has 226 valence electrons. The zero-order valence-corrected chi connectivity index (χ0v) is 24.5. The van der Waals surface area contributed by atoms with Crippen LogP contribution >= 0.6 is 11.6 Å². The Morgan fingerprint density at radius 3 is 1.56 bits per heavy atom. The van der Waals surface area contributed by atoms with Gasteiger partial charge in [-0.3, -0.25) is 0 Å². The third-order valence-corrected chi connectivity index (χ3v) is 6.93. The lowest BCUT2D eigenvalue weighted by molar-refractivity contribution is 0.122. The zero-order valence-electron chi connectivity index (χ0n) is 23.8. The number of nitrogens with zero attached hydrogens (tertiary/aromatic N) is 6. The van der Waals surface area contributed by atoms with Gasteiger partial charge >= 0.3 is 0 Å². The Labute approximate surface area is 255 Å². The number of rotatable bonds is 8. The molecule has 4 heterocycles. The van der Waals surface area contributed by atoms with Crippen LogP contribution in [0.4, 0.5) is 23.5 Å². The van der Waals surface area contributed by atoms with E-state index < -0.39 is 0 Å². The number of aromatic nitrogens is 4. The molecule has 0 atom stereocenters. The smallest absolute Gasteiger partial charge is 0.222 e. The fraction of sp³-hybridized carbons (Fsp3) is 0.333. The predicted molar refractivity (Wildman–Crippen MR) is 166 cm³/mol. The van der Waals surface area contributed by atoms with Crippen LogP contribution in [0, 0.1) is 0 Å². The average molecular weight is 607 g/mol. The van der Waals surface area contributed by atoms with Gasteiger partial charge in [-0.2, -0.15) is 9.97 Å². The second kappa shape index (κ2) is 15.2. The van der Waals surface area contributed by atoms with Crippen LogP contribution in [0.25, 0.3) is 0 Å². The predicted octanol–water partition coefficient (Wildman–Crippen LogP) is 3.60. The van der Waals surface area contributed by atoms with Gasteiger partial charge in [0, 0.05) is 31.2 Å². The minimum absolute atomic E-state index is 0.236. The lowest BCUT2D eigenvalue weighted by Gasteiger charge is -2.29. The molecule has 12 nitrogen and oxygen atoms in total. The van der Waals surface area contributed by atoms with Gasteiger partial charge in [-0.15, -0.1) is 0 Å². The highest BCUT2D eigenvalue weighted by Crippen LogP contribution is 2.28. The van der Waals surface area contributed by atoms with Gasteiger partial charge in [-0.25, -0.2) is 9.97 Å². The molecule has 2 aromatic carbocycles. The molecule has 0 bridgehead atoms. The first-order valence-corrected chi connectivity index (χ1v) is 14.4. The Hall–Kier alpha value is -4.39. The van der Waals surface area contributed by atoms with Crippen molar-refractivity contribution in [1.29, 1.82) is 0 Å². The Morgan fingerprint density at radius 1 is 0.651 bits per heavy atom. The Morgan fingerprint density at radius 2 is 1.09 bits per heavy atom. The van der Waals surface area contributed by atoms with E-state index in [0.717, 1.165) is 43.1 Å². The molecule has 2 fully saturated rings. The number of hydrogen-bond donors (Lipinski definition) is 2. The molecule has 0 saturated carbocycles. The van der Waals surface area contributed by atoms with Crippen LogP contribution in [0.5, 0.6) is 11.5 Å². The maximum Gasteiger partial charge on any atom is 0.222 e. The van der Waals surface area contributed by atoms with E-state index in [1.54, 1.807) is 12.4 Å². The molecule has 6 rings (SSSR count). The summed E-state index contributed by atoms with van der Waals surface area (Å²) in [6.45, 7) is 6.66. The number of nitrogen functional groups attached to an aromatic ring is 2. The number of halogens is 1. The van der Waals surface area contributed by atoms with E-state index in [9.17, 15) is 0 Å². The van der Waals surface area contributed by atoms with Crippen molar-refractivity contribution in [3.8, 4) is 11.5 Å². The summed E-state index contributed by atoms with van der Waals surface area (Å²) >= 11 is 5.88. The fourth-order valence-electron chi connectivity index (χ4n) is 4.43. The molecular weight excluding hydrogens is 572 g/mol. The lowest BCUT2D eigenvalue weighted by atomic mass is 10.2. The van der Waals surface area contributed by atoms with Gasteiger partial charge in [-0.1, -0.05) is 54.1 Å². The highest BCUT2D eigenvalue weighted by atomic mass is 35.5. The number of hydrogen-bond acceptors (Lipinski definition) is 12. The van der Waals surface area contributed by atoms with Crippen molar-refractivity contribution in [1.82, 2.24) is 19.9 Å². The van der Waals surface area contributed by atoms with Gasteiger partial charge in [0.1, 0.15) is 13.2 Å². The van der Waals surface area contributed by atoms with Crippen molar-refractivity contribution in [2.45, 2.75) is 13.2 Å². The monoisotopic (exact) mass is 606 g/mol. The van der Waals surface area contributed by atoms with E-state index in [-0.39, 0.29) is 11.9 Å². The first kappa shape index (κ1) is 30.1. The van der Waals surface area contributed by atoms with Crippen molar-refractivity contribution in [3.63, 3.8) is 0 Å². The molecule has 4 aromatic rings. The summed E-state index contributed by atoms with van der Waals surface area (Å²) in [5.41, 5.74) is 13.5. The standard InChI is InChI=1S/C15H17ClN4O2.C15H18N4O2/c16-12-3-1-11(2-4-12)10-22-13-9-18-15(17)19-14(13)20-5-7-21-8-6-20;16-15-17-10-13(21-11-12-4-2-1-3-5-12)14(18-15)19-6-8-20-9-7-19/h1-4,9H,5-8,10H2,(H2,17,18,19);1-5,10H,6-9,11H2,(H2,16,17,18). The van der Waals surface area contributed by atoms with E-state index in [2.05, 4.69) is 29.7 Å². The van der Waals surface area contributed by atoms with Crippen LogP contribution in [0.15, 0.2) is 67.0 Å². The average Bonchev–Trinajstić information content (AvgIpc) is 3.06. The molecule has 0 spiro atoms. The quantitative estimate of drug-likeness (QED) is 0.302. The van der Waals surface area contributed by atoms with Crippen LogP contribution in [-0.4, -0.2) is 72.5 Å². The van der Waals surface area contributed by atoms with Crippen LogP contribution in [-0.2, 0) is 22.7 Å². The summed E-state index contributed by atoms with van der Waals surface area (Å²) in [6, 6.07) is 17.5. The minimum Gasteiger partial charge on any atom is -0.483 e. The van der Waals surface area contributed by atoms with Crippen molar-refractivity contribution >= 4 is 35.1 Å². The molecule has 2 saturated heterocycles. The van der Waals surface area contributed by atoms with Crippen LogP contribution in [0.2, 0.25) is 5.02 Å². The van der Waals surface area contributed by atoms with E-state index in [1.165, 1.54) is 0 Å². The maximum atomic E-state index is 5.88. The van der Waals surface area contributed by atoms with Crippen molar-refractivity contribution in [3.05, 3.63) is 83.1 Å². The van der Waals surface area contributed by atoms with E-state index >= 15 is 0 Å². The third-order valence-electron chi connectivity index (χ3n) is 6.68. The molecule has 13 heteroatoms. The summed E-state index contributed by atoms with van der Waals surface area (Å²) in [7, 11) is 0. The van der Waals surface area contributed by atoms with Gasteiger partial charge in [0.05, 0.1) is 38.8 Å². The fourth-order valence-corrected chi connectivity index (χ4v) is 4.56. The topological polar surface area (TPSA) is 147 Å². The van der Waals surface area contributed by atoms with Crippen LogP contribution in [0.1, 0.15) is 11.1 Å². The molecule has 2 aromatic heterocycles. The normalized spacial score (nSPS) is 14.9. The van der Waals surface area contributed by atoms with Crippen LogP contribution < -0.4 is 30.7 Å². The van der Waals surface area contributed by atoms with Crippen molar-refractivity contribution < 1.29 is 18.9 Å². The summed E-state index contributed by atoms with van der Waals surface area (Å²) < 4.78 is 22.5. The largest absolute Gasteiger partial charge is 0.483 e. The number of nitrogens with two attached hydrogens (primary N) is 2. The zero-order chi connectivity index (χ0) is 29.9. The van der Waals surface area contributed by atoms with Gasteiger partial charge in [0.25, 0.3) is 0 Å². The Kier molecular flexibility index (Phi) is 10.6. The summed E-state index contributed by atoms with van der Waals surface area (Å²) in [4.78, 5) is 20.9. The summed E-state index contributed by atoms with van der Waals surface area (Å²) in [5.74, 6) is 3.20. The van der Waals surface area contributed by atoms with Crippen molar-refractivity contribution in [2.24, 2.45) is 0 Å². The number of anilines is 4. The van der Waals surface area contributed by atoms with Crippen molar-refractivity contribution in [2.75, 3.05) is 73.9 Å². The highest BCUT2D eigenvalue weighted by molar-refractivity contribution is 6.30. The number of benzene rings is 2. The highest BCUT2D eigenvalue weighted by Gasteiger charge is 2.19. The molecule has 2 aliphatic heterocycles. The van der Waals surface area contributed by atoms with E-state index in [1.807, 2.05) is 54.6 Å². The lowest BCUT2D eigenvalue weighted by Crippen LogP contribution is -2.37. The Bertz CT molecular complexity index is 1440. The second-order valence-corrected chi connectivity index (χ2v) is 10.2. The first-order valence-electron chi connectivity index (χ1n) is 14.0. The molecule has 2 aliphatic rings. The molecule has 0 amide bonds. The molecular formula is C30H35ClN8O4. The maximum absolute atomic E-state index is 5.88. The first-order chi connectivity index (χ1) is 21.0. The number of ether oxygens (including phenoxy) is 4. The third kappa shape index (κ3) is 8.80. The summed E-state index contributed by atoms with van der Waals surface area (Å²) in [6.07, 6.45) is 3.25. The molecule has 0 unspecified atom stereocenters. The summed E-state index contributed by atoms with van der Waals surface area (Å²) in [5, 5.41) is 0.702. The van der Waals surface area contributed by atoms with Gasteiger partial charge in [0.15, 0.2) is 23.1 Å². The Balaban J connectivity index is 0.000000171. The molecule has 43 heavy (non-hydrogen) atoms. The molecule has 0 radical (unpaired) electrons. The van der Waals surface area contributed by atoms with E-state index in [0.29, 0.717) is 62.0 Å². The number of morpholine rings is 2. The second-order valence-electron chi connectivity index (χ2n) is 9.72. The van der Waals surface area contributed by atoms with Gasteiger partial charge < -0.3 is 40.2 Å². The minimum atomic E-state index is 0.236. The molecule has 0 aliphatic carbocycles. The van der Waals surface area contributed by atoms with Gasteiger partial charge in [0.2, 0.25) is 11.9 Å². The van der Waals surface area contributed by atoms with Crippen LogP contribution in [0.3, 0.4) is 0 Å². The van der Waals surface area contributed by atoms with E-state index in [4.69, 9.17) is 42.0 Å². The van der Waals surface area contributed by atoms with Gasteiger partial charge in [-0.05, 0) is 23.3 Å². The SMILES string of the molecule is Nc1ncc(OCc2ccc(Cl)cc2)c(N2CCOCC2)n1.Nc1ncc(OCc2ccccc2)c(N2CCOCC2)n1.